The minimum Gasteiger partial charge on any atom is -0.457 e. The monoisotopic (exact) mass is 192 g/mol. The summed E-state index contributed by atoms with van der Waals surface area (Å²) in [4.78, 5) is 11.8. The summed E-state index contributed by atoms with van der Waals surface area (Å²) >= 11 is 0. The van der Waals surface area contributed by atoms with E-state index in [0.29, 0.717) is 6.42 Å². The molecule has 0 aromatic rings. The molecule has 3 aliphatic rings. The van der Waals surface area contributed by atoms with Gasteiger partial charge in [-0.05, 0) is 18.9 Å². The van der Waals surface area contributed by atoms with E-state index in [4.69, 9.17) is 4.74 Å². The Morgan fingerprint density at radius 3 is 3.07 bits per heavy atom. The lowest BCUT2D eigenvalue weighted by atomic mass is 9.63. The zero-order valence-electron chi connectivity index (χ0n) is 7.72. The molecule has 3 nitrogen and oxygen atoms in total. The zero-order valence-corrected chi connectivity index (χ0v) is 7.72. The van der Waals surface area contributed by atoms with Crippen molar-refractivity contribution in [2.45, 2.75) is 25.0 Å². The van der Waals surface area contributed by atoms with Gasteiger partial charge in [0.1, 0.15) is 11.5 Å². The van der Waals surface area contributed by atoms with Gasteiger partial charge < -0.3 is 9.84 Å². The summed E-state index contributed by atoms with van der Waals surface area (Å²) in [6.07, 6.45) is 8.21. The van der Waals surface area contributed by atoms with Crippen LogP contribution in [-0.2, 0) is 9.53 Å². The van der Waals surface area contributed by atoms with Crippen LogP contribution in [-0.4, -0.2) is 23.3 Å². The topological polar surface area (TPSA) is 46.5 Å². The minimum absolute atomic E-state index is 0.115. The van der Waals surface area contributed by atoms with Crippen LogP contribution in [0.4, 0.5) is 0 Å². The van der Waals surface area contributed by atoms with Crippen LogP contribution in [0.2, 0.25) is 0 Å². The van der Waals surface area contributed by atoms with Crippen molar-refractivity contribution in [3.05, 3.63) is 24.3 Å². The van der Waals surface area contributed by atoms with E-state index in [0.717, 1.165) is 6.42 Å². The Hall–Kier alpha value is -1.09. The van der Waals surface area contributed by atoms with Crippen LogP contribution in [0.1, 0.15) is 12.8 Å². The van der Waals surface area contributed by atoms with E-state index >= 15 is 0 Å². The van der Waals surface area contributed by atoms with E-state index in [-0.39, 0.29) is 18.0 Å². The molecule has 0 spiro atoms. The Morgan fingerprint density at radius 2 is 2.29 bits per heavy atom. The van der Waals surface area contributed by atoms with Crippen LogP contribution < -0.4 is 0 Å². The van der Waals surface area contributed by atoms with E-state index in [1.54, 1.807) is 6.08 Å². The third kappa shape index (κ3) is 0.746. The third-order valence-electron chi connectivity index (χ3n) is 3.70. The van der Waals surface area contributed by atoms with Crippen molar-refractivity contribution in [1.29, 1.82) is 0 Å². The highest BCUT2D eigenvalue weighted by Crippen LogP contribution is 2.52. The first-order chi connectivity index (χ1) is 6.75. The summed E-state index contributed by atoms with van der Waals surface area (Å²) in [6.45, 7) is 0. The number of hydrogen-bond donors (Lipinski definition) is 1. The van der Waals surface area contributed by atoms with Gasteiger partial charge in [0.05, 0.1) is 6.10 Å². The zero-order chi connectivity index (χ0) is 9.76. The molecule has 2 bridgehead atoms. The lowest BCUT2D eigenvalue weighted by Gasteiger charge is -2.38. The Morgan fingerprint density at radius 1 is 1.43 bits per heavy atom. The largest absolute Gasteiger partial charge is 0.457 e. The van der Waals surface area contributed by atoms with Gasteiger partial charge in [0.2, 0.25) is 0 Å². The first-order valence-corrected chi connectivity index (χ1v) is 4.97. The summed E-state index contributed by atoms with van der Waals surface area (Å²) in [6, 6.07) is 0. The maximum absolute atomic E-state index is 11.8. The first-order valence-electron chi connectivity index (χ1n) is 4.97. The second-order valence-electron chi connectivity index (χ2n) is 4.26. The van der Waals surface area contributed by atoms with Crippen molar-refractivity contribution in [2.24, 2.45) is 11.3 Å². The van der Waals surface area contributed by atoms with E-state index < -0.39 is 11.5 Å². The maximum atomic E-state index is 11.8. The molecule has 1 fully saturated rings. The molecule has 1 aliphatic heterocycles. The molecule has 0 amide bonds. The first kappa shape index (κ1) is 8.24. The minimum atomic E-state index is -0.677. The molecule has 1 heterocycles. The summed E-state index contributed by atoms with van der Waals surface area (Å²) in [5.41, 5.74) is -0.672. The molecular formula is C11H12O3. The Kier molecular flexibility index (Phi) is 1.46. The van der Waals surface area contributed by atoms with E-state index in [1.165, 1.54) is 0 Å². The number of hydrogen-bond acceptors (Lipinski definition) is 3. The highest BCUT2D eigenvalue weighted by molar-refractivity contribution is 5.82. The van der Waals surface area contributed by atoms with Crippen molar-refractivity contribution < 1.29 is 14.6 Å². The van der Waals surface area contributed by atoms with Crippen LogP contribution in [0.5, 0.6) is 0 Å². The number of carbonyl (C=O) groups excluding carboxylic acids is 1. The van der Waals surface area contributed by atoms with Gasteiger partial charge in [0.15, 0.2) is 0 Å². The molecular weight excluding hydrogens is 180 g/mol. The molecule has 0 radical (unpaired) electrons. The number of rotatable bonds is 0. The van der Waals surface area contributed by atoms with Crippen molar-refractivity contribution >= 4 is 5.97 Å². The van der Waals surface area contributed by atoms with Gasteiger partial charge in [-0.3, -0.25) is 4.79 Å². The molecule has 4 atom stereocenters. The molecule has 2 aliphatic carbocycles. The molecule has 4 unspecified atom stereocenters. The summed E-state index contributed by atoms with van der Waals surface area (Å²) in [5, 5.41) is 9.93. The number of ether oxygens (including phenoxy) is 1. The van der Waals surface area contributed by atoms with Crippen molar-refractivity contribution in [2.75, 3.05) is 0 Å². The van der Waals surface area contributed by atoms with Gasteiger partial charge in [0.25, 0.3) is 0 Å². The van der Waals surface area contributed by atoms with Gasteiger partial charge in [-0.2, -0.15) is 0 Å². The van der Waals surface area contributed by atoms with E-state index in [1.807, 2.05) is 12.2 Å². The molecule has 3 rings (SSSR count). The molecule has 14 heavy (non-hydrogen) atoms. The average molecular weight is 192 g/mol. The summed E-state index contributed by atoms with van der Waals surface area (Å²) in [7, 11) is 0. The Balaban J connectivity index is 2.15. The quantitative estimate of drug-likeness (QED) is 0.456. The molecule has 1 saturated heterocycles. The Labute approximate surface area is 82.1 Å². The fraction of sp³-hybridized carbons (Fsp3) is 0.545. The van der Waals surface area contributed by atoms with Crippen LogP contribution in [0, 0.1) is 11.3 Å². The lowest BCUT2D eigenvalue weighted by molar-refractivity contribution is -0.151. The van der Waals surface area contributed by atoms with Crippen molar-refractivity contribution in [1.82, 2.24) is 0 Å². The molecule has 0 aromatic carbocycles. The average Bonchev–Trinajstić information content (AvgIpc) is 2.44. The van der Waals surface area contributed by atoms with Crippen molar-refractivity contribution in [3.63, 3.8) is 0 Å². The fourth-order valence-corrected chi connectivity index (χ4v) is 2.88. The van der Waals surface area contributed by atoms with Gasteiger partial charge in [-0.25, -0.2) is 0 Å². The standard InChI is InChI=1S/C11H12O3/c12-9-5-4-8-7-3-1-2-6-11(7,9)10(13)14-8/h1-2,4-5,7-9,12H,3,6H2. The normalized spacial score (nSPS) is 48.9. The predicted molar refractivity (Wildman–Crippen MR) is 49.3 cm³/mol. The maximum Gasteiger partial charge on any atom is 0.316 e. The van der Waals surface area contributed by atoms with E-state index in [2.05, 4.69) is 6.08 Å². The fourth-order valence-electron chi connectivity index (χ4n) is 2.88. The van der Waals surface area contributed by atoms with Crippen molar-refractivity contribution in [3.8, 4) is 0 Å². The van der Waals surface area contributed by atoms with Crippen LogP contribution >= 0.6 is 0 Å². The second kappa shape index (κ2) is 2.48. The molecule has 1 N–H and O–H groups in total. The van der Waals surface area contributed by atoms with E-state index in [9.17, 15) is 9.90 Å². The van der Waals surface area contributed by atoms with Gasteiger partial charge in [-0.1, -0.05) is 18.2 Å². The molecule has 74 valence electrons. The van der Waals surface area contributed by atoms with Crippen LogP contribution in [0.15, 0.2) is 24.3 Å². The number of carbonyl (C=O) groups is 1. The summed E-state index contributed by atoms with van der Waals surface area (Å²) in [5.74, 6) is -0.0886. The highest BCUT2D eigenvalue weighted by Gasteiger charge is 2.61. The highest BCUT2D eigenvalue weighted by atomic mass is 16.6. The lowest BCUT2D eigenvalue weighted by Crippen LogP contribution is -2.46. The number of aliphatic hydroxyl groups is 1. The molecule has 0 saturated carbocycles. The van der Waals surface area contributed by atoms with Crippen LogP contribution in [0.25, 0.3) is 0 Å². The van der Waals surface area contributed by atoms with Gasteiger partial charge >= 0.3 is 5.97 Å². The third-order valence-corrected chi connectivity index (χ3v) is 3.70. The number of esters is 1. The number of aliphatic hydroxyl groups excluding tert-OH is 1. The molecule has 3 heteroatoms. The smallest absolute Gasteiger partial charge is 0.316 e. The molecule has 0 aromatic heterocycles. The number of allylic oxidation sites excluding steroid dienone is 2. The second-order valence-corrected chi connectivity index (χ2v) is 4.26. The summed E-state index contributed by atoms with van der Waals surface area (Å²) < 4.78 is 5.27. The Bertz CT molecular complexity index is 344. The predicted octanol–water partition coefficient (Wildman–Crippen LogP) is 0.795. The van der Waals surface area contributed by atoms with Crippen LogP contribution in [0.3, 0.4) is 0 Å². The SMILES string of the molecule is O=C1OC2C=CC(O)C13CC=CCC23. The van der Waals surface area contributed by atoms with Gasteiger partial charge in [-0.15, -0.1) is 0 Å². The van der Waals surface area contributed by atoms with Gasteiger partial charge in [0, 0.05) is 5.92 Å².